The van der Waals surface area contributed by atoms with E-state index in [1.807, 2.05) is 38.1 Å². The third-order valence-electron chi connectivity index (χ3n) is 4.44. The normalized spacial score (nSPS) is 11.6. The summed E-state index contributed by atoms with van der Waals surface area (Å²) in [6, 6.07) is 12.0. The summed E-state index contributed by atoms with van der Waals surface area (Å²) in [6.45, 7) is 6.32. The molecule has 5 nitrogen and oxygen atoms in total. The predicted octanol–water partition coefficient (Wildman–Crippen LogP) is 4.62. The molecule has 1 N–H and O–H groups in total. The van der Waals surface area contributed by atoms with Crippen molar-refractivity contribution in [1.29, 1.82) is 0 Å². The average molecular weight is 437 g/mol. The monoisotopic (exact) mass is 436 g/mol. The maximum atomic E-state index is 12.9. The van der Waals surface area contributed by atoms with Gasteiger partial charge in [-0.2, -0.15) is 0 Å². The van der Waals surface area contributed by atoms with Crippen LogP contribution >= 0.6 is 23.2 Å². The van der Waals surface area contributed by atoms with Gasteiger partial charge < -0.3 is 15.0 Å². The summed E-state index contributed by atoms with van der Waals surface area (Å²) in [4.78, 5) is 26.9. The van der Waals surface area contributed by atoms with Gasteiger partial charge in [0.05, 0.1) is 5.02 Å². The largest absolute Gasteiger partial charge is 0.482 e. The van der Waals surface area contributed by atoms with Crippen molar-refractivity contribution < 1.29 is 14.3 Å². The molecule has 2 rings (SSSR count). The van der Waals surface area contributed by atoms with Crippen molar-refractivity contribution in [2.45, 2.75) is 39.8 Å². The van der Waals surface area contributed by atoms with Gasteiger partial charge in [-0.3, -0.25) is 9.59 Å². The summed E-state index contributed by atoms with van der Waals surface area (Å²) in [6.07, 6.45) is 0.822. The zero-order chi connectivity index (χ0) is 21.4. The van der Waals surface area contributed by atoms with Gasteiger partial charge in [-0.1, -0.05) is 60.0 Å². The summed E-state index contributed by atoms with van der Waals surface area (Å²) in [5, 5.41) is 3.65. The standard InChI is InChI=1S/C22H26Cl2N2O3/c1-4-11-25-22(28)16(3)26(13-17-7-5-15(2)6-8-17)21(27)14-29-20-10-9-18(23)12-19(20)24/h5-10,12,16H,4,11,13-14H2,1-3H3,(H,25,28)/t16-/m0/s1. The fourth-order valence-electron chi connectivity index (χ4n) is 2.68. The number of hydrogen-bond acceptors (Lipinski definition) is 3. The Bertz CT molecular complexity index is 840. The fraction of sp³-hybridized carbons (Fsp3) is 0.364. The highest BCUT2D eigenvalue weighted by molar-refractivity contribution is 6.35. The molecular formula is C22H26Cl2N2O3. The van der Waals surface area contributed by atoms with E-state index in [1.54, 1.807) is 25.1 Å². The van der Waals surface area contributed by atoms with Crippen molar-refractivity contribution in [3.8, 4) is 5.75 Å². The quantitative estimate of drug-likeness (QED) is 0.623. The molecule has 0 aliphatic heterocycles. The van der Waals surface area contributed by atoms with Crippen LogP contribution in [-0.4, -0.2) is 35.9 Å². The summed E-state index contributed by atoms with van der Waals surface area (Å²) < 4.78 is 5.59. The Morgan fingerprint density at radius 3 is 2.45 bits per heavy atom. The zero-order valence-corrected chi connectivity index (χ0v) is 18.4. The van der Waals surface area contributed by atoms with E-state index >= 15 is 0 Å². The van der Waals surface area contributed by atoms with Gasteiger partial charge in [0, 0.05) is 18.1 Å². The van der Waals surface area contributed by atoms with E-state index in [9.17, 15) is 9.59 Å². The molecule has 156 valence electrons. The Morgan fingerprint density at radius 1 is 1.14 bits per heavy atom. The predicted molar refractivity (Wildman–Crippen MR) is 116 cm³/mol. The molecule has 0 aromatic heterocycles. The van der Waals surface area contributed by atoms with Crippen LogP contribution in [0.4, 0.5) is 0 Å². The third kappa shape index (κ3) is 6.94. The van der Waals surface area contributed by atoms with Gasteiger partial charge in [-0.05, 0) is 44.0 Å². The molecule has 0 radical (unpaired) electrons. The van der Waals surface area contributed by atoms with Gasteiger partial charge in [-0.25, -0.2) is 0 Å². The van der Waals surface area contributed by atoms with E-state index in [1.165, 1.54) is 4.90 Å². The van der Waals surface area contributed by atoms with Gasteiger partial charge in [0.1, 0.15) is 11.8 Å². The van der Waals surface area contributed by atoms with Crippen molar-refractivity contribution in [3.63, 3.8) is 0 Å². The Hall–Kier alpha value is -2.24. The number of benzene rings is 2. The lowest BCUT2D eigenvalue weighted by Gasteiger charge is -2.28. The van der Waals surface area contributed by atoms with Crippen LogP contribution in [0, 0.1) is 6.92 Å². The van der Waals surface area contributed by atoms with Crippen LogP contribution in [0.2, 0.25) is 10.0 Å². The fourth-order valence-corrected chi connectivity index (χ4v) is 3.15. The van der Waals surface area contributed by atoms with E-state index in [2.05, 4.69) is 5.32 Å². The molecule has 0 unspecified atom stereocenters. The molecule has 0 saturated carbocycles. The highest BCUT2D eigenvalue weighted by Gasteiger charge is 2.26. The minimum Gasteiger partial charge on any atom is -0.482 e. The average Bonchev–Trinajstić information content (AvgIpc) is 2.70. The molecule has 2 aromatic rings. The maximum Gasteiger partial charge on any atom is 0.261 e. The van der Waals surface area contributed by atoms with Crippen molar-refractivity contribution in [2.75, 3.05) is 13.2 Å². The molecule has 2 amide bonds. The molecule has 0 heterocycles. The topological polar surface area (TPSA) is 58.6 Å². The van der Waals surface area contributed by atoms with Crippen molar-refractivity contribution in [1.82, 2.24) is 10.2 Å². The van der Waals surface area contributed by atoms with Crippen molar-refractivity contribution in [3.05, 3.63) is 63.6 Å². The molecule has 7 heteroatoms. The van der Waals surface area contributed by atoms with E-state index in [0.29, 0.717) is 28.9 Å². The number of carbonyl (C=O) groups excluding carboxylic acids is 2. The number of ether oxygens (including phenoxy) is 1. The Balaban J connectivity index is 2.14. The second-order valence-electron chi connectivity index (χ2n) is 6.84. The van der Waals surface area contributed by atoms with Crippen LogP contribution in [-0.2, 0) is 16.1 Å². The molecule has 29 heavy (non-hydrogen) atoms. The van der Waals surface area contributed by atoms with Crippen LogP contribution < -0.4 is 10.1 Å². The SMILES string of the molecule is CCCNC(=O)[C@H](C)N(Cc1ccc(C)cc1)C(=O)COc1ccc(Cl)cc1Cl. The minimum atomic E-state index is -0.639. The van der Waals surface area contributed by atoms with Gasteiger partial charge in [0.25, 0.3) is 5.91 Å². The van der Waals surface area contributed by atoms with E-state index in [0.717, 1.165) is 17.5 Å². The van der Waals surface area contributed by atoms with Crippen LogP contribution in [0.3, 0.4) is 0 Å². The Labute approximate surface area is 181 Å². The zero-order valence-electron chi connectivity index (χ0n) is 16.9. The number of hydrogen-bond donors (Lipinski definition) is 1. The minimum absolute atomic E-state index is 0.197. The number of nitrogens with one attached hydrogen (secondary N) is 1. The number of carbonyl (C=O) groups is 2. The van der Waals surface area contributed by atoms with Crippen LogP contribution in [0.5, 0.6) is 5.75 Å². The maximum absolute atomic E-state index is 12.9. The summed E-state index contributed by atoms with van der Waals surface area (Å²) >= 11 is 12.0. The lowest BCUT2D eigenvalue weighted by atomic mass is 10.1. The highest BCUT2D eigenvalue weighted by Crippen LogP contribution is 2.27. The number of rotatable bonds is 9. The Kier molecular flexibility index (Phi) is 8.80. The lowest BCUT2D eigenvalue weighted by Crippen LogP contribution is -2.49. The van der Waals surface area contributed by atoms with Crippen molar-refractivity contribution >= 4 is 35.0 Å². The van der Waals surface area contributed by atoms with Crippen LogP contribution in [0.1, 0.15) is 31.4 Å². The lowest BCUT2D eigenvalue weighted by molar-refractivity contribution is -0.142. The molecule has 0 aliphatic rings. The highest BCUT2D eigenvalue weighted by atomic mass is 35.5. The Morgan fingerprint density at radius 2 is 1.83 bits per heavy atom. The summed E-state index contributed by atoms with van der Waals surface area (Å²) in [5.74, 6) is -0.143. The molecule has 2 aromatic carbocycles. The third-order valence-corrected chi connectivity index (χ3v) is 4.97. The molecule has 0 aliphatic carbocycles. The smallest absolute Gasteiger partial charge is 0.261 e. The van der Waals surface area contributed by atoms with Crippen molar-refractivity contribution in [2.24, 2.45) is 0 Å². The first kappa shape index (κ1) is 23.0. The molecule has 0 bridgehead atoms. The molecular weight excluding hydrogens is 411 g/mol. The van der Waals surface area contributed by atoms with Crippen LogP contribution in [0.15, 0.2) is 42.5 Å². The molecule has 1 atom stereocenters. The number of amides is 2. The van der Waals surface area contributed by atoms with E-state index < -0.39 is 6.04 Å². The first-order valence-electron chi connectivity index (χ1n) is 9.52. The van der Waals surface area contributed by atoms with E-state index in [4.69, 9.17) is 27.9 Å². The van der Waals surface area contributed by atoms with Crippen LogP contribution in [0.25, 0.3) is 0 Å². The van der Waals surface area contributed by atoms with Gasteiger partial charge >= 0.3 is 0 Å². The first-order chi connectivity index (χ1) is 13.8. The number of nitrogens with zero attached hydrogens (tertiary/aromatic N) is 1. The van der Waals surface area contributed by atoms with Gasteiger partial charge in [-0.15, -0.1) is 0 Å². The molecule has 0 saturated heterocycles. The number of aryl methyl sites for hydroxylation is 1. The summed E-state index contributed by atoms with van der Waals surface area (Å²) in [5.41, 5.74) is 2.06. The summed E-state index contributed by atoms with van der Waals surface area (Å²) in [7, 11) is 0. The molecule has 0 spiro atoms. The van der Waals surface area contributed by atoms with Gasteiger partial charge in [0.15, 0.2) is 6.61 Å². The number of halogens is 2. The second-order valence-corrected chi connectivity index (χ2v) is 7.68. The van der Waals surface area contributed by atoms with Gasteiger partial charge in [0.2, 0.25) is 5.91 Å². The first-order valence-corrected chi connectivity index (χ1v) is 10.3. The van der Waals surface area contributed by atoms with E-state index in [-0.39, 0.29) is 18.4 Å². The second kappa shape index (κ2) is 11.1. The molecule has 0 fully saturated rings.